The van der Waals surface area contributed by atoms with Crippen molar-refractivity contribution in [1.82, 2.24) is 5.32 Å². The van der Waals surface area contributed by atoms with Gasteiger partial charge in [-0.1, -0.05) is 52.4 Å². The van der Waals surface area contributed by atoms with Gasteiger partial charge in [-0.15, -0.1) is 0 Å². The number of hydrogen-bond acceptors (Lipinski definition) is 3. The molecule has 0 radical (unpaired) electrons. The molecular formula is C17H33NO2. The number of nitrogens with one attached hydrogen (secondary N) is 1. The molecule has 20 heavy (non-hydrogen) atoms. The molecule has 1 fully saturated rings. The molecule has 1 rings (SSSR count). The van der Waals surface area contributed by atoms with E-state index in [0.717, 1.165) is 25.8 Å². The molecule has 0 aromatic rings. The maximum absolute atomic E-state index is 12.2. The third kappa shape index (κ3) is 6.85. The van der Waals surface area contributed by atoms with Crippen molar-refractivity contribution in [3.63, 3.8) is 0 Å². The number of Topliss-reactive ketones (excluding diaryl/α,β-unsaturated/α-hetero) is 1. The lowest BCUT2D eigenvalue weighted by Gasteiger charge is -2.17. The number of ketones is 1. The zero-order valence-electron chi connectivity index (χ0n) is 13.5. The van der Waals surface area contributed by atoms with Crippen LogP contribution in [-0.2, 0) is 9.53 Å². The first kappa shape index (κ1) is 17.6. The van der Waals surface area contributed by atoms with Crippen LogP contribution < -0.4 is 5.32 Å². The van der Waals surface area contributed by atoms with E-state index in [9.17, 15) is 4.79 Å². The Bertz CT molecular complexity index is 255. The third-order valence-corrected chi connectivity index (χ3v) is 4.18. The second-order valence-corrected chi connectivity index (χ2v) is 6.04. The molecule has 0 bridgehead atoms. The summed E-state index contributed by atoms with van der Waals surface area (Å²) in [5.41, 5.74) is 0. The van der Waals surface area contributed by atoms with E-state index in [4.69, 9.17) is 4.74 Å². The van der Waals surface area contributed by atoms with Crippen LogP contribution in [0.2, 0.25) is 0 Å². The Kier molecular flexibility index (Phi) is 9.94. The highest BCUT2D eigenvalue weighted by molar-refractivity contribution is 5.82. The lowest BCUT2D eigenvalue weighted by Crippen LogP contribution is -2.39. The van der Waals surface area contributed by atoms with E-state index in [1.54, 1.807) is 0 Å². The smallest absolute Gasteiger partial charge is 0.139 e. The summed E-state index contributed by atoms with van der Waals surface area (Å²) in [6.07, 6.45) is 10.7. The van der Waals surface area contributed by atoms with Gasteiger partial charge in [0.25, 0.3) is 0 Å². The average molecular weight is 283 g/mol. The van der Waals surface area contributed by atoms with Crippen LogP contribution in [0.3, 0.4) is 0 Å². The first-order valence-corrected chi connectivity index (χ1v) is 8.63. The molecule has 0 amide bonds. The molecule has 1 saturated heterocycles. The Balaban J connectivity index is 2.09. The molecule has 0 saturated carbocycles. The molecule has 1 aliphatic rings. The summed E-state index contributed by atoms with van der Waals surface area (Å²) in [6, 6.07) is 0.256. The molecule has 118 valence electrons. The zero-order chi connectivity index (χ0) is 14.6. The van der Waals surface area contributed by atoms with Gasteiger partial charge < -0.3 is 10.1 Å². The van der Waals surface area contributed by atoms with E-state index < -0.39 is 0 Å². The molecule has 2 atom stereocenters. The molecule has 2 unspecified atom stereocenters. The molecule has 0 aromatic carbocycles. The highest BCUT2D eigenvalue weighted by atomic mass is 16.5. The van der Waals surface area contributed by atoms with Gasteiger partial charge in [-0.2, -0.15) is 0 Å². The van der Waals surface area contributed by atoms with Crippen molar-refractivity contribution in [3.8, 4) is 0 Å². The fourth-order valence-electron chi connectivity index (χ4n) is 2.84. The summed E-state index contributed by atoms with van der Waals surface area (Å²) in [4.78, 5) is 12.2. The quantitative estimate of drug-likeness (QED) is 0.555. The van der Waals surface area contributed by atoms with Crippen LogP contribution in [0.15, 0.2) is 0 Å². The number of rotatable bonds is 12. The Labute approximate surface area is 124 Å². The van der Waals surface area contributed by atoms with Gasteiger partial charge in [0.05, 0.1) is 19.1 Å². The molecule has 1 aliphatic heterocycles. The van der Waals surface area contributed by atoms with Crippen LogP contribution >= 0.6 is 0 Å². The van der Waals surface area contributed by atoms with Gasteiger partial charge >= 0.3 is 0 Å². The van der Waals surface area contributed by atoms with Gasteiger partial charge in [-0.3, -0.25) is 4.79 Å². The first-order valence-electron chi connectivity index (χ1n) is 8.63. The summed E-state index contributed by atoms with van der Waals surface area (Å²) >= 11 is 0. The fourth-order valence-corrected chi connectivity index (χ4v) is 2.84. The van der Waals surface area contributed by atoms with Crippen molar-refractivity contribution >= 4 is 5.78 Å². The van der Waals surface area contributed by atoms with Crippen LogP contribution in [0.4, 0.5) is 0 Å². The SMILES string of the molecule is CCCCCCCCCC(=O)C1COCC1NCCC. The molecule has 1 N–H and O–H groups in total. The molecule has 3 nitrogen and oxygen atoms in total. The fraction of sp³-hybridized carbons (Fsp3) is 0.941. The molecule has 3 heteroatoms. The van der Waals surface area contributed by atoms with Crippen molar-refractivity contribution in [3.05, 3.63) is 0 Å². The van der Waals surface area contributed by atoms with Crippen molar-refractivity contribution in [1.29, 1.82) is 0 Å². The van der Waals surface area contributed by atoms with Crippen LogP contribution in [0, 0.1) is 5.92 Å². The van der Waals surface area contributed by atoms with E-state index in [0.29, 0.717) is 19.0 Å². The predicted molar refractivity (Wildman–Crippen MR) is 84.0 cm³/mol. The minimum atomic E-state index is 0.0987. The topological polar surface area (TPSA) is 38.3 Å². The Morgan fingerprint density at radius 3 is 2.40 bits per heavy atom. The van der Waals surface area contributed by atoms with Gasteiger partial charge in [0, 0.05) is 12.5 Å². The summed E-state index contributed by atoms with van der Waals surface area (Å²) in [7, 11) is 0. The van der Waals surface area contributed by atoms with E-state index >= 15 is 0 Å². The highest BCUT2D eigenvalue weighted by Crippen LogP contribution is 2.18. The van der Waals surface area contributed by atoms with Crippen molar-refractivity contribution in [2.75, 3.05) is 19.8 Å². The molecule has 1 heterocycles. The standard InChI is InChI=1S/C17H33NO2/c1-3-5-6-7-8-9-10-11-17(19)15-13-20-14-16(15)18-12-4-2/h15-16,18H,3-14H2,1-2H3. The molecular weight excluding hydrogens is 250 g/mol. The van der Waals surface area contributed by atoms with Gasteiger partial charge in [0.2, 0.25) is 0 Å². The lowest BCUT2D eigenvalue weighted by atomic mass is 9.94. The lowest BCUT2D eigenvalue weighted by molar-refractivity contribution is -0.123. The monoisotopic (exact) mass is 283 g/mol. The Morgan fingerprint density at radius 1 is 1.00 bits per heavy atom. The summed E-state index contributed by atoms with van der Waals surface area (Å²) in [6.45, 7) is 6.70. The Morgan fingerprint density at radius 2 is 1.70 bits per heavy atom. The average Bonchev–Trinajstić information content (AvgIpc) is 2.92. The number of unbranched alkanes of at least 4 members (excludes halogenated alkanes) is 6. The summed E-state index contributed by atoms with van der Waals surface area (Å²) < 4.78 is 5.48. The van der Waals surface area contributed by atoms with Gasteiger partial charge in [0.1, 0.15) is 5.78 Å². The van der Waals surface area contributed by atoms with Crippen LogP contribution in [0.5, 0.6) is 0 Å². The van der Waals surface area contributed by atoms with Gasteiger partial charge in [-0.05, 0) is 19.4 Å². The highest BCUT2D eigenvalue weighted by Gasteiger charge is 2.32. The minimum Gasteiger partial charge on any atom is -0.379 e. The van der Waals surface area contributed by atoms with Gasteiger partial charge in [0.15, 0.2) is 0 Å². The molecule has 0 aliphatic carbocycles. The van der Waals surface area contributed by atoms with Crippen molar-refractivity contribution < 1.29 is 9.53 Å². The third-order valence-electron chi connectivity index (χ3n) is 4.18. The molecule has 0 aromatic heterocycles. The van der Waals surface area contributed by atoms with Crippen molar-refractivity contribution in [2.24, 2.45) is 5.92 Å². The minimum absolute atomic E-state index is 0.0987. The van der Waals surface area contributed by atoms with E-state index in [2.05, 4.69) is 19.2 Å². The van der Waals surface area contributed by atoms with E-state index in [-0.39, 0.29) is 12.0 Å². The van der Waals surface area contributed by atoms with Crippen LogP contribution in [0.1, 0.15) is 71.6 Å². The largest absolute Gasteiger partial charge is 0.379 e. The van der Waals surface area contributed by atoms with E-state index in [1.165, 1.54) is 38.5 Å². The number of carbonyl (C=O) groups excluding carboxylic acids is 1. The maximum atomic E-state index is 12.2. The zero-order valence-corrected chi connectivity index (χ0v) is 13.5. The predicted octanol–water partition coefficient (Wildman–Crippen LogP) is 3.71. The summed E-state index contributed by atoms with van der Waals surface area (Å²) in [5, 5.41) is 3.44. The van der Waals surface area contributed by atoms with Crippen LogP contribution in [-0.4, -0.2) is 31.6 Å². The summed E-state index contributed by atoms with van der Waals surface area (Å²) in [5.74, 6) is 0.506. The van der Waals surface area contributed by atoms with Gasteiger partial charge in [-0.25, -0.2) is 0 Å². The maximum Gasteiger partial charge on any atom is 0.139 e. The number of hydrogen-bond donors (Lipinski definition) is 1. The second-order valence-electron chi connectivity index (χ2n) is 6.04. The first-order chi connectivity index (χ1) is 9.79. The normalized spacial score (nSPS) is 22.3. The molecule has 0 spiro atoms. The van der Waals surface area contributed by atoms with Crippen LogP contribution in [0.25, 0.3) is 0 Å². The Hall–Kier alpha value is -0.410. The second kappa shape index (κ2) is 11.3. The number of ether oxygens (including phenoxy) is 1. The van der Waals surface area contributed by atoms with Crippen molar-refractivity contribution in [2.45, 2.75) is 77.7 Å². The number of carbonyl (C=O) groups is 1. The van der Waals surface area contributed by atoms with E-state index in [1.807, 2.05) is 0 Å².